The highest BCUT2D eigenvalue weighted by molar-refractivity contribution is 5.76. The minimum atomic E-state index is -0.203. The van der Waals surface area contributed by atoms with Crippen LogP contribution in [0.5, 0.6) is 0 Å². The molecule has 0 rings (SSSR count). The number of nitrogens with one attached hydrogen (secondary N) is 2. The van der Waals surface area contributed by atoms with Crippen LogP contribution in [-0.4, -0.2) is 50.8 Å². The van der Waals surface area contributed by atoms with Gasteiger partial charge in [0.05, 0.1) is 26.4 Å². The van der Waals surface area contributed by atoms with Gasteiger partial charge in [0.1, 0.15) is 0 Å². The summed E-state index contributed by atoms with van der Waals surface area (Å²) in [5.74, 6) is -0.0152. The van der Waals surface area contributed by atoms with Crippen molar-refractivity contribution >= 4 is 12.3 Å². The summed E-state index contributed by atoms with van der Waals surface area (Å²) >= 11 is 0. The van der Waals surface area contributed by atoms with E-state index < -0.39 is 0 Å². The van der Waals surface area contributed by atoms with E-state index >= 15 is 0 Å². The minimum absolute atomic E-state index is 0.0152. The van der Waals surface area contributed by atoms with Crippen molar-refractivity contribution in [3.8, 4) is 0 Å². The van der Waals surface area contributed by atoms with Crippen LogP contribution < -0.4 is 10.6 Å². The highest BCUT2D eigenvalue weighted by atomic mass is 16.5. The van der Waals surface area contributed by atoms with Gasteiger partial charge in [-0.2, -0.15) is 0 Å². The van der Waals surface area contributed by atoms with Crippen LogP contribution in [0.3, 0.4) is 0 Å². The van der Waals surface area contributed by atoms with Crippen molar-refractivity contribution < 1.29 is 19.1 Å². The van der Waals surface area contributed by atoms with Crippen LogP contribution in [0, 0.1) is 0 Å². The molecule has 0 aromatic heterocycles. The first kappa shape index (κ1) is 16.9. The Morgan fingerprint density at radius 1 is 1.11 bits per heavy atom. The Bertz CT molecular complexity index is 239. The number of carbonyl (C=O) groups is 2. The zero-order valence-electron chi connectivity index (χ0n) is 11.5. The minimum Gasteiger partial charge on any atom is -0.379 e. The molecule has 0 unspecified atom stereocenters. The fraction of sp³-hybridized carbons (Fsp3) is 0.833. The number of ether oxygens (including phenoxy) is 2. The third kappa shape index (κ3) is 12.9. The molecule has 0 aromatic carbocycles. The molecule has 0 bridgehead atoms. The van der Waals surface area contributed by atoms with Gasteiger partial charge in [0.2, 0.25) is 12.3 Å². The first-order valence-electron chi connectivity index (χ1n) is 6.09. The van der Waals surface area contributed by atoms with Crippen LogP contribution in [0.4, 0.5) is 0 Å². The van der Waals surface area contributed by atoms with Gasteiger partial charge in [-0.05, 0) is 20.8 Å². The first-order valence-corrected chi connectivity index (χ1v) is 6.09. The van der Waals surface area contributed by atoms with Crippen LogP contribution in [0.25, 0.3) is 0 Å². The van der Waals surface area contributed by atoms with Crippen molar-refractivity contribution in [2.24, 2.45) is 0 Å². The van der Waals surface area contributed by atoms with Gasteiger partial charge in [-0.25, -0.2) is 0 Å². The second-order valence-corrected chi connectivity index (χ2v) is 4.84. The highest BCUT2D eigenvalue weighted by Crippen LogP contribution is 1.99. The molecule has 0 spiro atoms. The average molecular weight is 260 g/mol. The predicted molar refractivity (Wildman–Crippen MR) is 68.2 cm³/mol. The van der Waals surface area contributed by atoms with Gasteiger partial charge in [-0.15, -0.1) is 0 Å². The lowest BCUT2D eigenvalue weighted by Gasteiger charge is -2.20. The first-order chi connectivity index (χ1) is 8.45. The number of hydrogen-bond donors (Lipinski definition) is 2. The van der Waals surface area contributed by atoms with Crippen LogP contribution in [0.1, 0.15) is 27.2 Å². The number of hydrogen-bond acceptors (Lipinski definition) is 4. The standard InChI is InChI=1S/C12H24N2O4/c1-12(2,3)14-11(16)4-6-17-8-9-18-7-5-13-10-15/h10H,4-9H2,1-3H3,(H,13,15)(H,14,16). The quantitative estimate of drug-likeness (QED) is 0.430. The zero-order valence-corrected chi connectivity index (χ0v) is 11.5. The molecule has 6 nitrogen and oxygen atoms in total. The summed E-state index contributed by atoms with van der Waals surface area (Å²) in [6.45, 7) is 8.07. The van der Waals surface area contributed by atoms with Gasteiger partial charge < -0.3 is 20.1 Å². The van der Waals surface area contributed by atoms with Gasteiger partial charge in [-0.3, -0.25) is 9.59 Å². The second kappa shape index (κ2) is 9.85. The van der Waals surface area contributed by atoms with Crippen LogP contribution >= 0.6 is 0 Å². The van der Waals surface area contributed by atoms with E-state index in [-0.39, 0.29) is 11.4 Å². The average Bonchev–Trinajstić information content (AvgIpc) is 2.24. The smallest absolute Gasteiger partial charge is 0.222 e. The molecule has 18 heavy (non-hydrogen) atoms. The van der Waals surface area contributed by atoms with E-state index in [2.05, 4.69) is 10.6 Å². The summed E-state index contributed by atoms with van der Waals surface area (Å²) in [6, 6.07) is 0. The van der Waals surface area contributed by atoms with Crippen molar-refractivity contribution in [2.45, 2.75) is 32.7 Å². The third-order valence-corrected chi connectivity index (χ3v) is 1.83. The van der Waals surface area contributed by atoms with E-state index in [0.29, 0.717) is 45.8 Å². The molecule has 0 saturated heterocycles. The second-order valence-electron chi connectivity index (χ2n) is 4.84. The summed E-state index contributed by atoms with van der Waals surface area (Å²) in [4.78, 5) is 21.3. The molecule has 0 heterocycles. The Morgan fingerprint density at radius 3 is 2.28 bits per heavy atom. The Hall–Kier alpha value is -1.14. The number of carbonyl (C=O) groups excluding carboxylic acids is 2. The molecule has 0 aromatic rings. The molecule has 0 radical (unpaired) electrons. The molecule has 0 aliphatic heterocycles. The summed E-state index contributed by atoms with van der Waals surface area (Å²) in [6.07, 6.45) is 0.984. The molecule has 0 saturated carbocycles. The molecular weight excluding hydrogens is 236 g/mol. The monoisotopic (exact) mass is 260 g/mol. The molecule has 2 amide bonds. The predicted octanol–water partition coefficient (Wildman–Crippen LogP) is 0.0704. The Morgan fingerprint density at radius 2 is 1.72 bits per heavy atom. The Kier molecular flexibility index (Phi) is 9.22. The topological polar surface area (TPSA) is 76.7 Å². The maximum atomic E-state index is 11.4. The largest absolute Gasteiger partial charge is 0.379 e. The maximum absolute atomic E-state index is 11.4. The van der Waals surface area contributed by atoms with Gasteiger partial charge in [0.15, 0.2) is 0 Å². The Balaban J connectivity index is 3.25. The molecule has 106 valence electrons. The highest BCUT2D eigenvalue weighted by Gasteiger charge is 2.12. The van der Waals surface area contributed by atoms with E-state index in [1.54, 1.807) is 0 Å². The van der Waals surface area contributed by atoms with E-state index in [0.717, 1.165) is 0 Å². The summed E-state index contributed by atoms with van der Waals surface area (Å²) < 4.78 is 10.4. The molecule has 0 aliphatic rings. The molecule has 0 fully saturated rings. The molecule has 6 heteroatoms. The number of amides is 2. The lowest BCUT2D eigenvalue weighted by Crippen LogP contribution is -2.40. The van der Waals surface area contributed by atoms with E-state index in [1.807, 2.05) is 20.8 Å². The van der Waals surface area contributed by atoms with Gasteiger partial charge in [0.25, 0.3) is 0 Å². The van der Waals surface area contributed by atoms with Gasteiger partial charge in [-0.1, -0.05) is 0 Å². The SMILES string of the molecule is CC(C)(C)NC(=O)CCOCCOCCNC=O. The zero-order chi connectivity index (χ0) is 13.9. The van der Waals surface area contributed by atoms with Crippen molar-refractivity contribution in [3.05, 3.63) is 0 Å². The van der Waals surface area contributed by atoms with Crippen LogP contribution in [-0.2, 0) is 19.1 Å². The van der Waals surface area contributed by atoms with E-state index in [4.69, 9.17) is 9.47 Å². The van der Waals surface area contributed by atoms with Crippen molar-refractivity contribution in [1.82, 2.24) is 10.6 Å². The third-order valence-electron chi connectivity index (χ3n) is 1.83. The molecule has 0 atom stereocenters. The fourth-order valence-corrected chi connectivity index (χ4v) is 1.16. The Labute approximate surface area is 108 Å². The normalized spacial score (nSPS) is 11.1. The van der Waals surface area contributed by atoms with Gasteiger partial charge in [0, 0.05) is 18.5 Å². The maximum Gasteiger partial charge on any atom is 0.222 e. The summed E-state index contributed by atoms with van der Waals surface area (Å²) in [7, 11) is 0. The fourth-order valence-electron chi connectivity index (χ4n) is 1.16. The van der Waals surface area contributed by atoms with Gasteiger partial charge >= 0.3 is 0 Å². The molecule has 2 N–H and O–H groups in total. The lowest BCUT2D eigenvalue weighted by molar-refractivity contribution is -0.123. The van der Waals surface area contributed by atoms with E-state index in [1.165, 1.54) is 0 Å². The van der Waals surface area contributed by atoms with Crippen LogP contribution in [0.15, 0.2) is 0 Å². The molecular formula is C12H24N2O4. The molecule has 0 aliphatic carbocycles. The lowest BCUT2D eigenvalue weighted by atomic mass is 10.1. The van der Waals surface area contributed by atoms with E-state index in [9.17, 15) is 9.59 Å². The summed E-state index contributed by atoms with van der Waals surface area (Å²) in [5.41, 5.74) is -0.203. The van der Waals surface area contributed by atoms with Crippen molar-refractivity contribution in [1.29, 1.82) is 0 Å². The van der Waals surface area contributed by atoms with Crippen LogP contribution in [0.2, 0.25) is 0 Å². The summed E-state index contributed by atoms with van der Waals surface area (Å²) in [5, 5.41) is 5.34. The van der Waals surface area contributed by atoms with Crippen molar-refractivity contribution in [3.63, 3.8) is 0 Å². The number of rotatable bonds is 10. The van der Waals surface area contributed by atoms with Crippen molar-refractivity contribution in [2.75, 3.05) is 33.0 Å².